The summed E-state index contributed by atoms with van der Waals surface area (Å²) in [5, 5.41) is 20.9. The summed E-state index contributed by atoms with van der Waals surface area (Å²) in [6, 6.07) is 9.14. The Morgan fingerprint density at radius 3 is 2.74 bits per heavy atom. The summed E-state index contributed by atoms with van der Waals surface area (Å²) >= 11 is 0. The molecule has 0 atom stereocenters. The van der Waals surface area contributed by atoms with Crippen molar-refractivity contribution in [3.05, 3.63) is 58.3 Å². The first-order valence-corrected chi connectivity index (χ1v) is 5.30. The van der Waals surface area contributed by atoms with Crippen LogP contribution in [0.2, 0.25) is 0 Å². The van der Waals surface area contributed by atoms with E-state index in [-0.39, 0.29) is 5.69 Å². The van der Waals surface area contributed by atoms with Crippen LogP contribution in [0.4, 0.5) is 5.69 Å². The molecule has 1 heterocycles. The zero-order valence-corrected chi connectivity index (χ0v) is 9.61. The normalized spacial score (nSPS) is 10.7. The van der Waals surface area contributed by atoms with Crippen molar-refractivity contribution in [2.45, 2.75) is 0 Å². The summed E-state index contributed by atoms with van der Waals surface area (Å²) in [7, 11) is 0. The lowest BCUT2D eigenvalue weighted by atomic mass is 10.1. The van der Waals surface area contributed by atoms with Crippen LogP contribution in [-0.4, -0.2) is 10.9 Å². The zero-order chi connectivity index (χ0) is 13.8. The second-order valence-electron chi connectivity index (χ2n) is 3.66. The van der Waals surface area contributed by atoms with Gasteiger partial charge in [-0.3, -0.25) is 10.1 Å². The van der Waals surface area contributed by atoms with E-state index in [0.717, 1.165) is 6.08 Å². The van der Waals surface area contributed by atoms with Gasteiger partial charge >= 0.3 is 0 Å². The van der Waals surface area contributed by atoms with E-state index in [1.165, 1.54) is 18.2 Å². The number of carbonyl (C=O) groups is 1. The predicted molar refractivity (Wildman–Crippen MR) is 64.8 cm³/mol. The molecule has 2 rings (SSSR count). The maximum atomic E-state index is 10.7. The molecule has 0 spiro atoms. The average Bonchev–Trinajstić information content (AvgIpc) is 2.85. The molecule has 0 unspecified atom stereocenters. The molecule has 0 radical (unpaired) electrons. The highest BCUT2D eigenvalue weighted by atomic mass is 16.6. The minimum atomic E-state index is -1.33. The lowest BCUT2D eigenvalue weighted by Crippen LogP contribution is -2.18. The number of nitro benzene ring substituents is 1. The molecule has 0 fully saturated rings. The number of carbonyl (C=O) groups excluding carboxylic acids is 1. The Morgan fingerprint density at radius 2 is 2.05 bits per heavy atom. The Hall–Kier alpha value is -2.89. The van der Waals surface area contributed by atoms with Crippen LogP contribution in [0.3, 0.4) is 0 Å². The van der Waals surface area contributed by atoms with Gasteiger partial charge in [0.15, 0.2) is 0 Å². The summed E-state index contributed by atoms with van der Waals surface area (Å²) in [4.78, 5) is 20.4. The van der Waals surface area contributed by atoms with Gasteiger partial charge in [0.1, 0.15) is 11.5 Å². The van der Waals surface area contributed by atoms with Crippen molar-refractivity contribution in [3.63, 3.8) is 0 Å². The molecule has 0 N–H and O–H groups in total. The van der Waals surface area contributed by atoms with Crippen molar-refractivity contribution in [2.24, 2.45) is 0 Å². The molecule has 0 aliphatic heterocycles. The lowest BCUT2D eigenvalue weighted by Gasteiger charge is -1.97. The maximum absolute atomic E-state index is 10.7. The molecule has 96 valence electrons. The van der Waals surface area contributed by atoms with Crippen molar-refractivity contribution in [3.8, 4) is 11.3 Å². The number of rotatable bonds is 4. The Kier molecular flexibility index (Phi) is 3.42. The van der Waals surface area contributed by atoms with E-state index in [9.17, 15) is 20.0 Å². The highest BCUT2D eigenvalue weighted by Gasteiger charge is 2.09. The summed E-state index contributed by atoms with van der Waals surface area (Å²) in [5.74, 6) is -0.583. The third-order valence-corrected chi connectivity index (χ3v) is 2.35. The Labute approximate surface area is 107 Å². The van der Waals surface area contributed by atoms with Crippen LogP contribution in [0.15, 0.2) is 46.9 Å². The van der Waals surface area contributed by atoms with E-state index in [2.05, 4.69) is 0 Å². The van der Waals surface area contributed by atoms with Crippen molar-refractivity contribution in [1.29, 1.82) is 0 Å². The standard InChI is InChI=1S/C13H9NO5/c15-13(16)7-5-11-4-6-12(19-11)9-2-1-3-10(8-9)14(17)18/h1-8H,(H,15,16)/p-1/b7-5+. The first kappa shape index (κ1) is 12.6. The largest absolute Gasteiger partial charge is 0.545 e. The van der Waals surface area contributed by atoms with Gasteiger partial charge in [0.05, 0.1) is 10.9 Å². The number of hydrogen-bond donors (Lipinski definition) is 0. The highest BCUT2D eigenvalue weighted by molar-refractivity contribution is 5.83. The smallest absolute Gasteiger partial charge is 0.270 e. The average molecular weight is 258 g/mol. The van der Waals surface area contributed by atoms with Crippen molar-refractivity contribution < 1.29 is 19.2 Å². The van der Waals surface area contributed by atoms with Gasteiger partial charge in [-0.25, -0.2) is 0 Å². The quantitative estimate of drug-likeness (QED) is 0.471. The number of aliphatic carboxylic acids is 1. The number of hydrogen-bond acceptors (Lipinski definition) is 5. The lowest BCUT2D eigenvalue weighted by molar-refractivity contribution is -0.384. The second kappa shape index (κ2) is 5.18. The van der Waals surface area contributed by atoms with Crippen LogP contribution in [0.1, 0.15) is 5.76 Å². The van der Waals surface area contributed by atoms with Crippen molar-refractivity contribution in [1.82, 2.24) is 0 Å². The molecular weight excluding hydrogens is 250 g/mol. The van der Waals surface area contributed by atoms with Crippen LogP contribution in [-0.2, 0) is 4.79 Å². The van der Waals surface area contributed by atoms with E-state index < -0.39 is 10.9 Å². The van der Waals surface area contributed by atoms with Crippen molar-refractivity contribution >= 4 is 17.7 Å². The molecule has 0 saturated heterocycles. The molecule has 6 nitrogen and oxygen atoms in total. The van der Waals surface area contributed by atoms with E-state index in [1.807, 2.05) is 0 Å². The number of non-ortho nitro benzene ring substituents is 1. The number of nitrogens with zero attached hydrogens (tertiary/aromatic N) is 1. The molecule has 1 aromatic carbocycles. The first-order valence-electron chi connectivity index (χ1n) is 5.30. The molecule has 19 heavy (non-hydrogen) atoms. The maximum Gasteiger partial charge on any atom is 0.270 e. The second-order valence-corrected chi connectivity index (χ2v) is 3.66. The fraction of sp³-hybridized carbons (Fsp3) is 0. The zero-order valence-electron chi connectivity index (χ0n) is 9.61. The van der Waals surface area contributed by atoms with Gasteiger partial charge in [0, 0.05) is 17.7 Å². The summed E-state index contributed by atoms with van der Waals surface area (Å²) in [5.41, 5.74) is 0.503. The van der Waals surface area contributed by atoms with E-state index in [4.69, 9.17) is 4.42 Å². The van der Waals surface area contributed by atoms with Crippen LogP contribution in [0, 0.1) is 10.1 Å². The first-order chi connectivity index (χ1) is 9.06. The fourth-order valence-electron chi connectivity index (χ4n) is 1.52. The van der Waals surface area contributed by atoms with Crippen LogP contribution < -0.4 is 5.11 Å². The van der Waals surface area contributed by atoms with E-state index in [1.54, 1.807) is 24.3 Å². The van der Waals surface area contributed by atoms with Crippen molar-refractivity contribution in [2.75, 3.05) is 0 Å². The minimum Gasteiger partial charge on any atom is -0.545 e. The Balaban J connectivity index is 2.30. The van der Waals surface area contributed by atoms with Gasteiger partial charge in [0.25, 0.3) is 5.69 Å². The third kappa shape index (κ3) is 3.06. The van der Waals surface area contributed by atoms with Crippen LogP contribution in [0.25, 0.3) is 17.4 Å². The van der Waals surface area contributed by atoms with Gasteiger partial charge in [-0.15, -0.1) is 0 Å². The minimum absolute atomic E-state index is 0.0410. The number of benzene rings is 1. The summed E-state index contributed by atoms with van der Waals surface area (Å²) in [6.07, 6.45) is 2.09. The number of nitro groups is 1. The monoisotopic (exact) mass is 258 g/mol. The Morgan fingerprint density at radius 1 is 1.26 bits per heavy atom. The van der Waals surface area contributed by atoms with Gasteiger partial charge in [-0.1, -0.05) is 12.1 Å². The molecule has 0 aliphatic carbocycles. The number of carboxylic acid groups (broad SMARTS) is 1. The fourth-order valence-corrected chi connectivity index (χ4v) is 1.52. The van der Waals surface area contributed by atoms with E-state index >= 15 is 0 Å². The van der Waals surface area contributed by atoms with Crippen LogP contribution >= 0.6 is 0 Å². The predicted octanol–water partition coefficient (Wildman–Crippen LogP) is 1.62. The number of furan rings is 1. The third-order valence-electron chi connectivity index (χ3n) is 2.35. The van der Waals surface area contributed by atoms with Gasteiger partial charge < -0.3 is 14.3 Å². The Bertz CT molecular complexity index is 657. The number of carboxylic acids is 1. The molecule has 2 aromatic rings. The molecule has 6 heteroatoms. The topological polar surface area (TPSA) is 96.4 Å². The molecule has 0 saturated carbocycles. The van der Waals surface area contributed by atoms with E-state index in [0.29, 0.717) is 17.1 Å². The molecule has 0 aliphatic rings. The SMILES string of the molecule is O=C([O-])/C=C/c1ccc(-c2cccc([N+](=O)[O-])c2)o1. The summed E-state index contributed by atoms with van der Waals surface area (Å²) < 4.78 is 5.35. The van der Waals surface area contributed by atoms with Crippen LogP contribution in [0.5, 0.6) is 0 Å². The highest BCUT2D eigenvalue weighted by Crippen LogP contribution is 2.26. The van der Waals surface area contributed by atoms with Gasteiger partial charge in [-0.05, 0) is 24.3 Å². The summed E-state index contributed by atoms with van der Waals surface area (Å²) in [6.45, 7) is 0. The molecule has 1 aromatic heterocycles. The van der Waals surface area contributed by atoms with Gasteiger partial charge in [-0.2, -0.15) is 0 Å². The molecule has 0 amide bonds. The molecular formula is C13H8NO5-. The molecule has 0 bridgehead atoms. The van der Waals surface area contributed by atoms with Gasteiger partial charge in [0.2, 0.25) is 0 Å².